The van der Waals surface area contributed by atoms with Crippen LogP contribution in [0.15, 0.2) is 29.2 Å². The summed E-state index contributed by atoms with van der Waals surface area (Å²) in [5.74, 6) is -0.236. The molecule has 8 heteroatoms. The summed E-state index contributed by atoms with van der Waals surface area (Å²) in [7, 11) is -3.27. The monoisotopic (exact) mass is 406 g/mol. The summed E-state index contributed by atoms with van der Waals surface area (Å²) in [6, 6.07) is 6.20. The van der Waals surface area contributed by atoms with Crippen LogP contribution in [0.1, 0.15) is 39.7 Å². The number of sulfone groups is 1. The second-order valence-corrected chi connectivity index (χ2v) is 10.2. The van der Waals surface area contributed by atoms with Gasteiger partial charge in [0.2, 0.25) is 5.91 Å². The van der Waals surface area contributed by atoms with E-state index in [2.05, 4.69) is 12.2 Å². The largest absolute Gasteiger partial charge is 0.365 e. The maximum atomic E-state index is 12.4. The number of carbonyl (C=O) groups excluding carboxylic acids is 2. The third-order valence-corrected chi connectivity index (χ3v) is 7.03. The number of hydrogen-bond acceptors (Lipinski definition) is 5. The Bertz CT molecular complexity index is 991. The van der Waals surface area contributed by atoms with E-state index in [-0.39, 0.29) is 17.2 Å². The number of benzene rings is 1. The molecule has 0 bridgehead atoms. The first kappa shape index (κ1) is 19.6. The highest BCUT2D eigenvalue weighted by Crippen LogP contribution is 2.39. The molecular weight excluding hydrogens is 384 g/mol. The molecule has 0 spiro atoms. The predicted molar refractivity (Wildman–Crippen MR) is 106 cm³/mol. The summed E-state index contributed by atoms with van der Waals surface area (Å²) in [6.45, 7) is 2.17. The fourth-order valence-electron chi connectivity index (χ4n) is 3.31. The maximum absolute atomic E-state index is 12.4. The van der Waals surface area contributed by atoms with Crippen LogP contribution in [-0.2, 0) is 33.9 Å². The zero-order valence-corrected chi connectivity index (χ0v) is 16.9. The van der Waals surface area contributed by atoms with Crippen LogP contribution in [0.2, 0.25) is 0 Å². The van der Waals surface area contributed by atoms with Crippen molar-refractivity contribution in [2.75, 3.05) is 11.6 Å². The SMILES string of the molecule is C[C@@H]1CCc2c(sc(NC(=O)Cc3ccc(S(C)(=O)=O)cc3)c2C(N)=O)C1. The maximum Gasteiger partial charge on any atom is 0.251 e. The fraction of sp³-hybridized carbons (Fsp3) is 0.368. The number of carbonyl (C=O) groups is 2. The van der Waals surface area contributed by atoms with Crippen LogP contribution in [0.5, 0.6) is 0 Å². The van der Waals surface area contributed by atoms with E-state index in [1.165, 1.54) is 23.5 Å². The number of primary amides is 1. The van der Waals surface area contributed by atoms with E-state index in [0.29, 0.717) is 22.0 Å². The molecule has 144 valence electrons. The first-order chi connectivity index (χ1) is 12.6. The van der Waals surface area contributed by atoms with Crippen LogP contribution in [0.3, 0.4) is 0 Å². The van der Waals surface area contributed by atoms with E-state index in [0.717, 1.165) is 36.0 Å². The van der Waals surface area contributed by atoms with Crippen LogP contribution < -0.4 is 11.1 Å². The van der Waals surface area contributed by atoms with Gasteiger partial charge in [0.15, 0.2) is 9.84 Å². The molecule has 1 heterocycles. The minimum Gasteiger partial charge on any atom is -0.365 e. The fourth-order valence-corrected chi connectivity index (χ4v) is 5.37. The smallest absolute Gasteiger partial charge is 0.251 e. The third kappa shape index (κ3) is 4.39. The van der Waals surface area contributed by atoms with Gasteiger partial charge in [-0.2, -0.15) is 0 Å². The Morgan fingerprint density at radius 3 is 2.52 bits per heavy atom. The Hall–Kier alpha value is -2.19. The highest BCUT2D eigenvalue weighted by atomic mass is 32.2. The number of nitrogens with one attached hydrogen (secondary N) is 1. The van der Waals surface area contributed by atoms with Gasteiger partial charge in [0.25, 0.3) is 5.91 Å². The molecule has 1 aromatic carbocycles. The molecule has 0 unspecified atom stereocenters. The Morgan fingerprint density at radius 2 is 1.93 bits per heavy atom. The molecule has 27 heavy (non-hydrogen) atoms. The van der Waals surface area contributed by atoms with Gasteiger partial charge in [0.05, 0.1) is 16.9 Å². The highest BCUT2D eigenvalue weighted by Gasteiger charge is 2.27. The van der Waals surface area contributed by atoms with Gasteiger partial charge in [-0.3, -0.25) is 9.59 Å². The number of thiophene rings is 1. The second kappa shape index (κ2) is 7.44. The van der Waals surface area contributed by atoms with Crippen molar-refractivity contribution in [3.8, 4) is 0 Å². The van der Waals surface area contributed by atoms with E-state index in [1.54, 1.807) is 12.1 Å². The summed E-state index contributed by atoms with van der Waals surface area (Å²) in [6.07, 6.45) is 3.92. The molecule has 1 aliphatic carbocycles. The summed E-state index contributed by atoms with van der Waals surface area (Å²) >= 11 is 1.43. The molecule has 0 saturated heterocycles. The lowest BCUT2D eigenvalue weighted by molar-refractivity contribution is -0.115. The number of hydrogen-bond donors (Lipinski definition) is 2. The van der Waals surface area contributed by atoms with Crippen LogP contribution in [0.25, 0.3) is 0 Å². The summed E-state index contributed by atoms with van der Waals surface area (Å²) in [5.41, 5.74) is 7.66. The van der Waals surface area contributed by atoms with Gasteiger partial charge < -0.3 is 11.1 Å². The lowest BCUT2D eigenvalue weighted by Crippen LogP contribution is -2.20. The molecule has 2 aromatic rings. The van der Waals surface area contributed by atoms with Crippen molar-refractivity contribution >= 4 is 38.0 Å². The number of rotatable bonds is 5. The van der Waals surface area contributed by atoms with Gasteiger partial charge in [-0.1, -0.05) is 19.1 Å². The van der Waals surface area contributed by atoms with Gasteiger partial charge in [0, 0.05) is 11.1 Å². The Kier molecular flexibility index (Phi) is 5.39. The second-order valence-electron chi connectivity index (χ2n) is 7.06. The van der Waals surface area contributed by atoms with Crippen molar-refractivity contribution < 1.29 is 18.0 Å². The van der Waals surface area contributed by atoms with Crippen molar-refractivity contribution in [3.63, 3.8) is 0 Å². The Morgan fingerprint density at radius 1 is 1.26 bits per heavy atom. The van der Waals surface area contributed by atoms with Gasteiger partial charge in [-0.15, -0.1) is 11.3 Å². The van der Waals surface area contributed by atoms with Crippen molar-refractivity contribution in [2.45, 2.75) is 37.5 Å². The molecule has 0 fully saturated rings. The van der Waals surface area contributed by atoms with Gasteiger partial charge in [-0.25, -0.2) is 8.42 Å². The summed E-state index contributed by atoms with van der Waals surface area (Å²) < 4.78 is 23.0. The quantitative estimate of drug-likeness (QED) is 0.796. The van der Waals surface area contributed by atoms with Crippen molar-refractivity contribution in [3.05, 3.63) is 45.8 Å². The lowest BCUT2D eigenvalue weighted by Gasteiger charge is -2.18. The minimum atomic E-state index is -3.27. The lowest BCUT2D eigenvalue weighted by atomic mass is 9.88. The van der Waals surface area contributed by atoms with Crippen molar-refractivity contribution in [1.82, 2.24) is 0 Å². The Labute approximate surface area is 162 Å². The molecule has 2 amide bonds. The summed E-state index contributed by atoms with van der Waals surface area (Å²) in [4.78, 5) is 25.7. The molecule has 0 saturated carbocycles. The molecule has 0 radical (unpaired) electrons. The van der Waals surface area contributed by atoms with E-state index in [1.807, 2.05) is 0 Å². The minimum absolute atomic E-state index is 0.0845. The first-order valence-electron chi connectivity index (χ1n) is 8.68. The van der Waals surface area contributed by atoms with Crippen LogP contribution in [0.4, 0.5) is 5.00 Å². The molecule has 1 aromatic heterocycles. The zero-order chi connectivity index (χ0) is 19.8. The molecule has 1 atom stereocenters. The number of fused-ring (bicyclic) bond motifs is 1. The van der Waals surface area contributed by atoms with E-state index < -0.39 is 15.7 Å². The number of amides is 2. The molecule has 1 aliphatic rings. The molecule has 3 N–H and O–H groups in total. The topological polar surface area (TPSA) is 106 Å². The third-order valence-electron chi connectivity index (χ3n) is 4.73. The first-order valence-corrected chi connectivity index (χ1v) is 11.4. The van der Waals surface area contributed by atoms with Gasteiger partial charge in [-0.05, 0) is 48.4 Å². The standard InChI is InChI=1S/C19H22N2O4S2/c1-11-3-8-14-15(9-11)26-19(17(14)18(20)23)21-16(22)10-12-4-6-13(7-5-12)27(2,24)25/h4-7,11H,3,8-10H2,1-2H3,(H2,20,23)(H,21,22)/t11-/m1/s1. The average molecular weight is 407 g/mol. The normalized spacial score (nSPS) is 16.6. The summed E-state index contributed by atoms with van der Waals surface area (Å²) in [5, 5.41) is 3.33. The number of anilines is 1. The molecular formula is C19H22N2O4S2. The number of nitrogens with two attached hydrogens (primary N) is 1. The van der Waals surface area contributed by atoms with Crippen molar-refractivity contribution in [1.29, 1.82) is 0 Å². The van der Waals surface area contributed by atoms with E-state index in [9.17, 15) is 18.0 Å². The van der Waals surface area contributed by atoms with Gasteiger partial charge >= 0.3 is 0 Å². The Balaban J connectivity index is 1.77. The van der Waals surface area contributed by atoms with E-state index in [4.69, 9.17) is 5.73 Å². The predicted octanol–water partition coefficient (Wildman–Crippen LogP) is 2.56. The van der Waals surface area contributed by atoms with Crippen LogP contribution >= 0.6 is 11.3 Å². The van der Waals surface area contributed by atoms with Crippen LogP contribution in [0, 0.1) is 5.92 Å². The average Bonchev–Trinajstić information content (AvgIpc) is 2.91. The van der Waals surface area contributed by atoms with E-state index >= 15 is 0 Å². The molecule has 0 aliphatic heterocycles. The van der Waals surface area contributed by atoms with Crippen LogP contribution in [-0.4, -0.2) is 26.5 Å². The molecule has 6 nitrogen and oxygen atoms in total. The van der Waals surface area contributed by atoms with Crippen molar-refractivity contribution in [2.24, 2.45) is 11.7 Å². The zero-order valence-electron chi connectivity index (χ0n) is 15.2. The highest BCUT2D eigenvalue weighted by molar-refractivity contribution is 7.90. The molecule has 3 rings (SSSR count). The van der Waals surface area contributed by atoms with Gasteiger partial charge in [0.1, 0.15) is 5.00 Å².